The first kappa shape index (κ1) is 16.5. The molecule has 0 aliphatic rings. The fourth-order valence-corrected chi connectivity index (χ4v) is 1.03. The third-order valence-electron chi connectivity index (χ3n) is 1.71. The maximum absolute atomic E-state index is 8.88. The molecule has 0 heterocycles. The Hall–Kier alpha value is 0.110. The summed E-state index contributed by atoms with van der Waals surface area (Å²) in [5, 5.41) is 0. The molecule has 0 fully saturated rings. The molecule has 0 unspecified atom stereocenters. The van der Waals surface area contributed by atoms with E-state index in [-0.39, 0.29) is 0 Å². The number of unbranched alkanes of at least 4 members (excludes halogenated alkanes) is 6. The van der Waals surface area contributed by atoms with Crippen LogP contribution in [0.5, 0.6) is 0 Å². The van der Waals surface area contributed by atoms with Crippen LogP contribution >= 0.6 is 7.82 Å². The Labute approximate surface area is 86.6 Å². The molecule has 0 aliphatic heterocycles. The Morgan fingerprint density at radius 1 is 0.786 bits per heavy atom. The molecule has 0 aromatic rings. The summed E-state index contributed by atoms with van der Waals surface area (Å²) in [6.45, 7) is 4.53. The zero-order valence-corrected chi connectivity index (χ0v) is 10.0. The predicted molar refractivity (Wildman–Crippen MR) is 57.9 cm³/mol. The average Bonchev–Trinajstić information content (AvgIpc) is 2.01. The van der Waals surface area contributed by atoms with E-state index < -0.39 is 7.82 Å². The van der Waals surface area contributed by atoms with Gasteiger partial charge in [0.05, 0.1) is 0 Å². The van der Waals surface area contributed by atoms with Gasteiger partial charge in [0.1, 0.15) is 0 Å². The van der Waals surface area contributed by atoms with Crippen LogP contribution in [0.15, 0.2) is 0 Å². The van der Waals surface area contributed by atoms with Crippen LogP contribution in [0.25, 0.3) is 0 Å². The molecule has 14 heavy (non-hydrogen) atoms. The summed E-state index contributed by atoms with van der Waals surface area (Å²) in [5.41, 5.74) is 0. The normalized spacial score (nSPS) is 10.6. The van der Waals surface area contributed by atoms with Crippen LogP contribution in [-0.2, 0) is 4.57 Å². The predicted octanol–water partition coefficient (Wildman–Crippen LogP) is 2.83. The van der Waals surface area contributed by atoms with Gasteiger partial charge >= 0.3 is 7.82 Å². The van der Waals surface area contributed by atoms with E-state index in [4.69, 9.17) is 19.2 Å². The minimum Gasteiger partial charge on any atom is -0.303 e. The van der Waals surface area contributed by atoms with Crippen molar-refractivity contribution in [3.05, 3.63) is 0 Å². The third kappa shape index (κ3) is 40.0. The molecule has 0 rings (SSSR count). The highest BCUT2D eigenvalue weighted by Gasteiger charge is 2.00. The lowest BCUT2D eigenvalue weighted by atomic mass is 10.1. The summed E-state index contributed by atoms with van der Waals surface area (Å²) in [5.74, 6) is 0. The van der Waals surface area contributed by atoms with E-state index in [1.807, 2.05) is 0 Å². The van der Waals surface area contributed by atoms with Crippen molar-refractivity contribution in [2.45, 2.75) is 58.8 Å². The van der Waals surface area contributed by atoms with E-state index in [0.29, 0.717) is 0 Å². The van der Waals surface area contributed by atoms with Gasteiger partial charge in [0, 0.05) is 0 Å². The fourth-order valence-electron chi connectivity index (χ4n) is 1.03. The van der Waals surface area contributed by atoms with Gasteiger partial charge in [-0.15, -0.1) is 0 Å². The van der Waals surface area contributed by atoms with Gasteiger partial charge in [-0.1, -0.05) is 58.8 Å². The van der Waals surface area contributed by atoms with E-state index in [9.17, 15) is 0 Å². The molecule has 0 aromatic carbocycles. The second-order valence-electron chi connectivity index (χ2n) is 3.28. The van der Waals surface area contributed by atoms with Crippen LogP contribution in [0.1, 0.15) is 58.8 Å². The van der Waals surface area contributed by atoms with Gasteiger partial charge in [-0.05, 0) is 0 Å². The van der Waals surface area contributed by atoms with E-state index in [1.54, 1.807) is 0 Å². The van der Waals surface area contributed by atoms with Crippen molar-refractivity contribution >= 4 is 7.82 Å². The van der Waals surface area contributed by atoms with Crippen LogP contribution in [0.3, 0.4) is 0 Å². The summed E-state index contributed by atoms with van der Waals surface area (Å²) < 4.78 is 8.88. The van der Waals surface area contributed by atoms with Gasteiger partial charge in [0.25, 0.3) is 0 Å². The molecular formula is C9H23O4P. The molecule has 0 atom stereocenters. The highest BCUT2D eigenvalue weighted by Crippen LogP contribution is 2.25. The smallest absolute Gasteiger partial charge is 0.303 e. The molecule has 0 saturated carbocycles. The van der Waals surface area contributed by atoms with Crippen molar-refractivity contribution in [1.29, 1.82) is 0 Å². The standard InChI is InChI=1S/C9H20.H3O4P/c1-3-5-7-9-8-6-4-2;1-5(2,3)4/h3-9H2,1-2H3;(H3,1,2,3,4). The molecule has 0 aromatic heterocycles. The Bertz CT molecular complexity index is 129. The minimum atomic E-state index is -4.64. The average molecular weight is 226 g/mol. The van der Waals surface area contributed by atoms with Gasteiger partial charge in [0.2, 0.25) is 0 Å². The lowest BCUT2D eigenvalue weighted by Gasteiger charge is -1.96. The molecule has 0 bridgehead atoms. The maximum Gasteiger partial charge on any atom is 0.466 e. The first-order valence-electron chi connectivity index (χ1n) is 5.20. The molecular weight excluding hydrogens is 203 g/mol. The van der Waals surface area contributed by atoms with E-state index >= 15 is 0 Å². The van der Waals surface area contributed by atoms with E-state index in [0.717, 1.165) is 0 Å². The maximum atomic E-state index is 8.88. The third-order valence-corrected chi connectivity index (χ3v) is 1.71. The van der Waals surface area contributed by atoms with Gasteiger partial charge < -0.3 is 14.7 Å². The lowest BCUT2D eigenvalue weighted by Crippen LogP contribution is -1.76. The van der Waals surface area contributed by atoms with Crippen molar-refractivity contribution < 1.29 is 19.2 Å². The molecule has 0 spiro atoms. The van der Waals surface area contributed by atoms with Crippen LogP contribution in [-0.4, -0.2) is 14.7 Å². The monoisotopic (exact) mass is 226 g/mol. The molecule has 0 saturated heterocycles. The number of hydrogen-bond donors (Lipinski definition) is 3. The molecule has 0 amide bonds. The number of rotatable bonds is 6. The van der Waals surface area contributed by atoms with Crippen molar-refractivity contribution in [1.82, 2.24) is 0 Å². The molecule has 4 nitrogen and oxygen atoms in total. The Morgan fingerprint density at radius 3 is 1.21 bits per heavy atom. The highest BCUT2D eigenvalue weighted by molar-refractivity contribution is 7.45. The topological polar surface area (TPSA) is 77.8 Å². The fraction of sp³-hybridized carbons (Fsp3) is 1.00. The molecule has 0 aliphatic carbocycles. The Kier molecular flexibility index (Phi) is 13.2. The van der Waals surface area contributed by atoms with Crippen molar-refractivity contribution in [3.8, 4) is 0 Å². The second kappa shape index (κ2) is 11.2. The zero-order valence-electron chi connectivity index (χ0n) is 9.15. The van der Waals surface area contributed by atoms with E-state index in [2.05, 4.69) is 13.8 Å². The van der Waals surface area contributed by atoms with Crippen molar-refractivity contribution in [2.24, 2.45) is 0 Å². The molecule has 5 heteroatoms. The minimum absolute atomic E-state index is 1.37. The van der Waals surface area contributed by atoms with E-state index in [1.165, 1.54) is 44.9 Å². The van der Waals surface area contributed by atoms with Crippen LogP contribution < -0.4 is 0 Å². The molecule has 88 valence electrons. The van der Waals surface area contributed by atoms with Crippen molar-refractivity contribution in [2.75, 3.05) is 0 Å². The van der Waals surface area contributed by atoms with Gasteiger partial charge in [-0.25, -0.2) is 4.57 Å². The van der Waals surface area contributed by atoms with Gasteiger partial charge in [-0.2, -0.15) is 0 Å². The summed E-state index contributed by atoms with van der Waals surface area (Å²) >= 11 is 0. The SMILES string of the molecule is CCCCCCCCC.O=P(O)(O)O. The van der Waals surface area contributed by atoms with Crippen molar-refractivity contribution in [3.63, 3.8) is 0 Å². The van der Waals surface area contributed by atoms with Crippen LogP contribution in [0.2, 0.25) is 0 Å². The Morgan fingerprint density at radius 2 is 1.00 bits per heavy atom. The second-order valence-corrected chi connectivity index (χ2v) is 4.31. The molecule has 3 N–H and O–H groups in total. The summed E-state index contributed by atoms with van der Waals surface area (Å²) in [7, 11) is -4.64. The lowest BCUT2D eigenvalue weighted by molar-refractivity contribution is 0.275. The quantitative estimate of drug-likeness (QED) is 0.480. The highest BCUT2D eigenvalue weighted by atomic mass is 31.2. The summed E-state index contributed by atoms with van der Waals surface area (Å²) in [6, 6.07) is 0. The van der Waals surface area contributed by atoms with Gasteiger partial charge in [-0.3, -0.25) is 0 Å². The summed E-state index contributed by atoms with van der Waals surface area (Å²) in [4.78, 5) is 21.6. The first-order chi connectivity index (χ1) is 6.41. The van der Waals surface area contributed by atoms with Gasteiger partial charge in [0.15, 0.2) is 0 Å². The largest absolute Gasteiger partial charge is 0.466 e. The first-order valence-corrected chi connectivity index (χ1v) is 6.76. The van der Waals surface area contributed by atoms with Crippen LogP contribution in [0, 0.1) is 0 Å². The Balaban J connectivity index is 0. The number of hydrogen-bond acceptors (Lipinski definition) is 1. The van der Waals surface area contributed by atoms with Crippen LogP contribution in [0.4, 0.5) is 0 Å². The molecule has 0 radical (unpaired) electrons. The summed E-state index contributed by atoms with van der Waals surface area (Å²) in [6.07, 6.45) is 9.97. The zero-order chi connectivity index (χ0) is 11.4. The number of phosphoric acid groups is 1.